The molecule has 0 atom stereocenters. The molecular formula is C15H16N2O4S. The molecule has 0 amide bonds. The van der Waals surface area contributed by atoms with E-state index in [1.165, 1.54) is 11.6 Å². The van der Waals surface area contributed by atoms with Crippen molar-refractivity contribution in [2.45, 2.75) is 19.7 Å². The van der Waals surface area contributed by atoms with E-state index < -0.39 is 0 Å². The van der Waals surface area contributed by atoms with E-state index in [9.17, 15) is 10.1 Å². The van der Waals surface area contributed by atoms with Gasteiger partial charge in [0.15, 0.2) is 6.79 Å². The zero-order chi connectivity index (χ0) is 15.5. The summed E-state index contributed by atoms with van der Waals surface area (Å²) in [5.41, 5.74) is 2.87. The van der Waals surface area contributed by atoms with Gasteiger partial charge in [-0.2, -0.15) is 11.3 Å². The number of non-ortho nitro benzene ring substituents is 1. The van der Waals surface area contributed by atoms with Gasteiger partial charge in [0.05, 0.1) is 11.5 Å². The summed E-state index contributed by atoms with van der Waals surface area (Å²) in [6, 6.07) is 5.19. The predicted molar refractivity (Wildman–Crippen MR) is 82.9 cm³/mol. The maximum absolute atomic E-state index is 11.1. The van der Waals surface area contributed by atoms with Crippen LogP contribution in [0.3, 0.4) is 0 Å². The molecule has 0 saturated carbocycles. The third-order valence-corrected chi connectivity index (χ3v) is 4.19. The van der Waals surface area contributed by atoms with Crippen molar-refractivity contribution in [3.05, 3.63) is 55.8 Å². The summed E-state index contributed by atoms with van der Waals surface area (Å²) in [7, 11) is 1.99. The van der Waals surface area contributed by atoms with Crippen molar-refractivity contribution in [2.24, 2.45) is 0 Å². The van der Waals surface area contributed by atoms with Gasteiger partial charge in [0.25, 0.3) is 5.69 Å². The molecule has 7 heteroatoms. The highest BCUT2D eigenvalue weighted by Crippen LogP contribution is 2.33. The molecule has 22 heavy (non-hydrogen) atoms. The zero-order valence-corrected chi connectivity index (χ0v) is 13.0. The Kier molecular flexibility index (Phi) is 4.37. The number of fused-ring (bicyclic) bond motifs is 1. The monoisotopic (exact) mass is 320 g/mol. The Morgan fingerprint density at radius 2 is 2.27 bits per heavy atom. The first-order chi connectivity index (χ1) is 10.6. The lowest BCUT2D eigenvalue weighted by atomic mass is 10.1. The Balaban J connectivity index is 1.84. The highest BCUT2D eigenvalue weighted by Gasteiger charge is 2.21. The van der Waals surface area contributed by atoms with Crippen molar-refractivity contribution >= 4 is 17.0 Å². The Morgan fingerprint density at radius 1 is 1.41 bits per heavy atom. The Morgan fingerprint density at radius 3 is 3.00 bits per heavy atom. The number of rotatable bonds is 5. The minimum atomic E-state index is -0.378. The maximum atomic E-state index is 11.1. The van der Waals surface area contributed by atoms with E-state index in [4.69, 9.17) is 9.47 Å². The van der Waals surface area contributed by atoms with E-state index in [2.05, 4.69) is 16.3 Å². The molecule has 1 aliphatic heterocycles. The predicted octanol–water partition coefficient (Wildman–Crippen LogP) is 3.15. The Bertz CT molecular complexity index is 672. The molecule has 6 nitrogen and oxygen atoms in total. The van der Waals surface area contributed by atoms with Gasteiger partial charge in [0.1, 0.15) is 5.75 Å². The maximum Gasteiger partial charge on any atom is 0.270 e. The number of nitrogens with zero attached hydrogens (tertiary/aromatic N) is 2. The second-order valence-corrected chi connectivity index (χ2v) is 6.04. The number of hydrogen-bond donors (Lipinski definition) is 0. The second-order valence-electron chi connectivity index (χ2n) is 5.26. The van der Waals surface area contributed by atoms with E-state index in [1.807, 2.05) is 12.4 Å². The van der Waals surface area contributed by atoms with Crippen LogP contribution in [0.1, 0.15) is 16.7 Å². The zero-order valence-electron chi connectivity index (χ0n) is 12.2. The van der Waals surface area contributed by atoms with Gasteiger partial charge in [-0.3, -0.25) is 15.0 Å². The average molecular weight is 320 g/mol. The topological polar surface area (TPSA) is 64.8 Å². The number of benzene rings is 1. The standard InChI is InChI=1S/C15H16N2O4S/c1-16(6-11-2-3-22-9-11)7-12-4-14(17(18)19)5-13-8-20-10-21-15(12)13/h2-5,9H,6-8,10H2,1H3. The van der Waals surface area contributed by atoms with Gasteiger partial charge in [0.2, 0.25) is 0 Å². The molecule has 1 aromatic carbocycles. The van der Waals surface area contributed by atoms with Crippen LogP contribution in [-0.2, 0) is 24.4 Å². The third kappa shape index (κ3) is 3.27. The van der Waals surface area contributed by atoms with Crippen LogP contribution in [0.15, 0.2) is 29.0 Å². The summed E-state index contributed by atoms with van der Waals surface area (Å²) < 4.78 is 10.8. The molecule has 0 radical (unpaired) electrons. The summed E-state index contributed by atoms with van der Waals surface area (Å²) in [5.74, 6) is 0.717. The van der Waals surface area contributed by atoms with Crippen molar-refractivity contribution in [3.8, 4) is 5.75 Å². The van der Waals surface area contributed by atoms with Crippen LogP contribution >= 0.6 is 11.3 Å². The number of thiophene rings is 1. The van der Waals surface area contributed by atoms with Gasteiger partial charge in [-0.1, -0.05) is 0 Å². The first kappa shape index (κ1) is 15.0. The SMILES string of the molecule is CN(Cc1ccsc1)Cc1cc([N+](=O)[O-])cc2c1OCOC2. The van der Waals surface area contributed by atoms with Crippen LogP contribution in [0.4, 0.5) is 5.69 Å². The molecule has 1 aliphatic rings. The second kappa shape index (κ2) is 6.43. The first-order valence-corrected chi connectivity index (χ1v) is 7.78. The number of nitro groups is 1. The third-order valence-electron chi connectivity index (χ3n) is 3.46. The van der Waals surface area contributed by atoms with Gasteiger partial charge >= 0.3 is 0 Å². The van der Waals surface area contributed by atoms with Gasteiger partial charge in [-0.25, -0.2) is 0 Å². The van der Waals surface area contributed by atoms with Crippen LogP contribution in [0, 0.1) is 10.1 Å². The molecule has 2 heterocycles. The molecule has 2 aromatic rings. The van der Waals surface area contributed by atoms with E-state index in [-0.39, 0.29) is 17.4 Å². The summed E-state index contributed by atoms with van der Waals surface area (Å²) >= 11 is 1.66. The van der Waals surface area contributed by atoms with Crippen molar-refractivity contribution in [1.29, 1.82) is 0 Å². The number of hydrogen-bond acceptors (Lipinski definition) is 6. The lowest BCUT2D eigenvalue weighted by molar-refractivity contribution is -0.385. The lowest BCUT2D eigenvalue weighted by Crippen LogP contribution is -2.20. The van der Waals surface area contributed by atoms with E-state index in [0.29, 0.717) is 18.9 Å². The number of nitro benzene ring substituents is 1. The van der Waals surface area contributed by atoms with Crippen LogP contribution in [0.2, 0.25) is 0 Å². The molecule has 0 saturated heterocycles. The molecule has 0 spiro atoms. The van der Waals surface area contributed by atoms with Crippen LogP contribution in [0.25, 0.3) is 0 Å². The average Bonchev–Trinajstić information content (AvgIpc) is 2.99. The van der Waals surface area contributed by atoms with Crippen molar-refractivity contribution in [1.82, 2.24) is 4.90 Å². The fraction of sp³-hybridized carbons (Fsp3) is 0.333. The van der Waals surface area contributed by atoms with Crippen molar-refractivity contribution < 1.29 is 14.4 Å². The quantitative estimate of drug-likeness (QED) is 0.625. The summed E-state index contributed by atoms with van der Waals surface area (Å²) in [6.45, 7) is 1.90. The molecule has 1 aromatic heterocycles. The van der Waals surface area contributed by atoms with E-state index in [0.717, 1.165) is 17.7 Å². The van der Waals surface area contributed by atoms with Crippen LogP contribution < -0.4 is 4.74 Å². The molecule has 0 N–H and O–H groups in total. The van der Waals surface area contributed by atoms with Gasteiger partial charge in [-0.05, 0) is 29.4 Å². The van der Waals surface area contributed by atoms with Crippen molar-refractivity contribution in [3.63, 3.8) is 0 Å². The molecule has 0 fully saturated rings. The van der Waals surface area contributed by atoms with Gasteiger partial charge in [0, 0.05) is 36.3 Å². The summed E-state index contributed by atoms with van der Waals surface area (Å²) in [4.78, 5) is 12.8. The highest BCUT2D eigenvalue weighted by molar-refractivity contribution is 7.07. The van der Waals surface area contributed by atoms with Crippen molar-refractivity contribution in [2.75, 3.05) is 13.8 Å². The van der Waals surface area contributed by atoms with E-state index >= 15 is 0 Å². The normalized spacial score (nSPS) is 13.7. The molecule has 3 rings (SSSR count). The Hall–Kier alpha value is -1.96. The highest BCUT2D eigenvalue weighted by atomic mass is 32.1. The fourth-order valence-electron chi connectivity index (χ4n) is 2.54. The van der Waals surface area contributed by atoms with Crippen LogP contribution in [-0.4, -0.2) is 23.7 Å². The van der Waals surface area contributed by atoms with E-state index in [1.54, 1.807) is 17.4 Å². The molecular weight excluding hydrogens is 304 g/mol. The van der Waals surface area contributed by atoms with Gasteiger partial charge in [-0.15, -0.1) is 0 Å². The molecule has 0 bridgehead atoms. The lowest BCUT2D eigenvalue weighted by Gasteiger charge is -2.23. The molecule has 0 aliphatic carbocycles. The minimum absolute atomic E-state index is 0.0757. The largest absolute Gasteiger partial charge is 0.467 e. The number of ether oxygens (including phenoxy) is 2. The molecule has 116 valence electrons. The smallest absolute Gasteiger partial charge is 0.270 e. The molecule has 0 unspecified atom stereocenters. The fourth-order valence-corrected chi connectivity index (χ4v) is 3.20. The summed E-state index contributed by atoms with van der Waals surface area (Å²) in [5, 5.41) is 15.2. The first-order valence-electron chi connectivity index (χ1n) is 6.84. The Labute approximate surface area is 132 Å². The van der Waals surface area contributed by atoms with Crippen LogP contribution in [0.5, 0.6) is 5.75 Å². The van der Waals surface area contributed by atoms with Gasteiger partial charge < -0.3 is 9.47 Å². The summed E-state index contributed by atoms with van der Waals surface area (Å²) in [6.07, 6.45) is 0. The minimum Gasteiger partial charge on any atom is -0.467 e.